The van der Waals surface area contributed by atoms with Crippen molar-refractivity contribution in [1.29, 1.82) is 0 Å². The lowest BCUT2D eigenvalue weighted by Gasteiger charge is -2.37. The molecule has 0 amide bonds. The number of benzene rings is 1. The normalized spacial score (nSPS) is 29.2. The molecular formula is C14H18F2N2O. The van der Waals surface area contributed by atoms with Gasteiger partial charge in [0.05, 0.1) is 18.8 Å². The molecule has 2 saturated heterocycles. The van der Waals surface area contributed by atoms with Gasteiger partial charge < -0.3 is 10.5 Å². The van der Waals surface area contributed by atoms with Gasteiger partial charge in [0.1, 0.15) is 11.6 Å². The van der Waals surface area contributed by atoms with Gasteiger partial charge in [0, 0.05) is 18.7 Å². The molecule has 0 bridgehead atoms. The van der Waals surface area contributed by atoms with Crippen LogP contribution in [-0.2, 0) is 4.74 Å². The third kappa shape index (κ3) is 2.63. The molecule has 2 N–H and O–H groups in total. The van der Waals surface area contributed by atoms with E-state index in [1.165, 1.54) is 18.6 Å². The van der Waals surface area contributed by atoms with Gasteiger partial charge in [-0.25, -0.2) is 8.78 Å². The lowest BCUT2D eigenvalue weighted by Crippen LogP contribution is -2.49. The molecule has 3 rings (SSSR count). The maximum atomic E-state index is 13.2. The highest BCUT2D eigenvalue weighted by Crippen LogP contribution is 2.28. The minimum atomic E-state index is -0.597. The van der Waals surface area contributed by atoms with Crippen LogP contribution in [0, 0.1) is 11.6 Å². The van der Waals surface area contributed by atoms with E-state index in [4.69, 9.17) is 10.5 Å². The molecule has 0 aliphatic carbocycles. The highest BCUT2D eigenvalue weighted by Gasteiger charge is 2.35. The molecule has 19 heavy (non-hydrogen) atoms. The molecular weight excluding hydrogens is 250 g/mol. The Morgan fingerprint density at radius 2 is 2.00 bits per heavy atom. The first-order chi connectivity index (χ1) is 9.13. The van der Waals surface area contributed by atoms with Crippen LogP contribution in [-0.4, -0.2) is 36.7 Å². The molecule has 1 aromatic rings. The van der Waals surface area contributed by atoms with Crippen molar-refractivity contribution in [2.24, 2.45) is 5.73 Å². The summed E-state index contributed by atoms with van der Waals surface area (Å²) in [5.41, 5.74) is 6.56. The second-order valence-corrected chi connectivity index (χ2v) is 5.39. The summed E-state index contributed by atoms with van der Waals surface area (Å²) >= 11 is 0. The second-order valence-electron chi connectivity index (χ2n) is 5.39. The van der Waals surface area contributed by atoms with Crippen molar-refractivity contribution in [2.75, 3.05) is 19.7 Å². The lowest BCUT2D eigenvalue weighted by atomic mass is 10.00. The van der Waals surface area contributed by atoms with E-state index in [0.717, 1.165) is 25.6 Å². The molecule has 5 heteroatoms. The van der Waals surface area contributed by atoms with Gasteiger partial charge in [0.2, 0.25) is 0 Å². The summed E-state index contributed by atoms with van der Waals surface area (Å²) < 4.78 is 32.2. The Morgan fingerprint density at radius 1 is 1.26 bits per heavy atom. The van der Waals surface area contributed by atoms with E-state index < -0.39 is 17.7 Å². The van der Waals surface area contributed by atoms with E-state index >= 15 is 0 Å². The predicted octanol–water partition coefficient (Wildman–Crippen LogP) is 1.83. The van der Waals surface area contributed by atoms with E-state index in [-0.39, 0.29) is 6.10 Å². The molecule has 3 nitrogen and oxygen atoms in total. The summed E-state index contributed by atoms with van der Waals surface area (Å²) in [7, 11) is 0. The maximum Gasteiger partial charge on any atom is 0.126 e. The topological polar surface area (TPSA) is 38.5 Å². The number of halogens is 2. The van der Waals surface area contributed by atoms with E-state index in [1.54, 1.807) is 0 Å². The van der Waals surface area contributed by atoms with Crippen molar-refractivity contribution >= 4 is 0 Å². The van der Waals surface area contributed by atoms with Gasteiger partial charge >= 0.3 is 0 Å². The first kappa shape index (κ1) is 13.0. The first-order valence-electron chi connectivity index (χ1n) is 6.71. The summed E-state index contributed by atoms with van der Waals surface area (Å²) in [4.78, 5) is 2.36. The predicted molar refractivity (Wildman–Crippen MR) is 67.6 cm³/mol. The van der Waals surface area contributed by atoms with Gasteiger partial charge in [0.25, 0.3) is 0 Å². The zero-order valence-corrected chi connectivity index (χ0v) is 10.7. The van der Waals surface area contributed by atoms with Crippen LogP contribution in [0.15, 0.2) is 18.2 Å². The number of hydrogen-bond acceptors (Lipinski definition) is 3. The van der Waals surface area contributed by atoms with Crippen molar-refractivity contribution in [3.05, 3.63) is 35.4 Å². The molecule has 3 atom stereocenters. The Hall–Kier alpha value is -1.04. The zero-order valence-electron chi connectivity index (χ0n) is 10.7. The third-order valence-corrected chi connectivity index (χ3v) is 4.09. The summed E-state index contributed by atoms with van der Waals surface area (Å²) in [6.07, 6.45) is 2.15. The van der Waals surface area contributed by atoms with Gasteiger partial charge in [-0.2, -0.15) is 0 Å². The Balaban J connectivity index is 1.74. The molecule has 2 fully saturated rings. The Morgan fingerprint density at radius 3 is 2.74 bits per heavy atom. The number of hydrogen-bond donors (Lipinski definition) is 1. The molecule has 0 radical (unpaired) electrons. The average molecular weight is 268 g/mol. The Bertz CT molecular complexity index is 449. The van der Waals surface area contributed by atoms with Crippen molar-refractivity contribution in [2.45, 2.75) is 31.0 Å². The Labute approximate surface area is 111 Å². The Kier molecular flexibility index (Phi) is 3.52. The number of nitrogens with zero attached hydrogens (tertiary/aromatic N) is 1. The minimum absolute atomic E-state index is 0.199. The molecule has 1 aromatic carbocycles. The van der Waals surface area contributed by atoms with Gasteiger partial charge in [-0.05, 0) is 37.1 Å². The van der Waals surface area contributed by atoms with Crippen molar-refractivity contribution in [3.63, 3.8) is 0 Å². The van der Waals surface area contributed by atoms with Crippen molar-refractivity contribution in [1.82, 2.24) is 4.90 Å². The van der Waals surface area contributed by atoms with Crippen LogP contribution in [0.25, 0.3) is 0 Å². The van der Waals surface area contributed by atoms with Gasteiger partial charge in [-0.3, -0.25) is 4.90 Å². The summed E-state index contributed by atoms with van der Waals surface area (Å²) in [6.45, 7) is 2.47. The van der Waals surface area contributed by atoms with E-state index in [0.29, 0.717) is 18.2 Å². The fourth-order valence-electron chi connectivity index (χ4n) is 3.04. The third-order valence-electron chi connectivity index (χ3n) is 4.09. The van der Waals surface area contributed by atoms with Crippen LogP contribution in [0.1, 0.15) is 24.4 Å². The van der Waals surface area contributed by atoms with Crippen LogP contribution in [0.4, 0.5) is 8.78 Å². The summed E-state index contributed by atoms with van der Waals surface area (Å²) in [6, 6.07) is 3.42. The molecule has 0 saturated carbocycles. The average Bonchev–Trinajstić information content (AvgIpc) is 2.83. The van der Waals surface area contributed by atoms with Crippen molar-refractivity contribution in [3.8, 4) is 0 Å². The van der Waals surface area contributed by atoms with Crippen LogP contribution < -0.4 is 5.73 Å². The number of fused-ring (bicyclic) bond motifs is 1. The first-order valence-corrected chi connectivity index (χ1v) is 6.71. The van der Waals surface area contributed by atoms with Crippen LogP contribution >= 0.6 is 0 Å². The highest BCUT2D eigenvalue weighted by molar-refractivity contribution is 5.22. The molecule has 0 aromatic heterocycles. The van der Waals surface area contributed by atoms with Crippen LogP contribution in [0.3, 0.4) is 0 Å². The smallest absolute Gasteiger partial charge is 0.126 e. The molecule has 2 aliphatic heterocycles. The number of ether oxygens (including phenoxy) is 1. The lowest BCUT2D eigenvalue weighted by molar-refractivity contribution is -0.0597. The number of rotatable bonds is 2. The second kappa shape index (κ2) is 5.15. The van der Waals surface area contributed by atoms with Crippen LogP contribution in [0.5, 0.6) is 0 Å². The fourth-order valence-corrected chi connectivity index (χ4v) is 3.04. The van der Waals surface area contributed by atoms with E-state index in [9.17, 15) is 8.78 Å². The summed E-state index contributed by atoms with van der Waals surface area (Å²) in [5, 5.41) is 0. The summed E-state index contributed by atoms with van der Waals surface area (Å²) in [5.74, 6) is -1.19. The highest BCUT2D eigenvalue weighted by atomic mass is 19.1. The zero-order chi connectivity index (χ0) is 13.4. The standard InChI is InChI=1S/C14H18F2N2O/c15-10-4-9(5-11(16)6-10)14(17)13-7-18-3-1-2-12(18)8-19-13/h4-6,12-14H,1-3,7-8,17H2. The fraction of sp³-hybridized carbons (Fsp3) is 0.571. The monoisotopic (exact) mass is 268 g/mol. The molecule has 2 aliphatic rings. The number of morpholine rings is 1. The minimum Gasteiger partial charge on any atom is -0.373 e. The van der Waals surface area contributed by atoms with Crippen molar-refractivity contribution < 1.29 is 13.5 Å². The molecule has 2 heterocycles. The largest absolute Gasteiger partial charge is 0.373 e. The quantitative estimate of drug-likeness (QED) is 0.889. The van der Waals surface area contributed by atoms with Gasteiger partial charge in [-0.15, -0.1) is 0 Å². The molecule has 104 valence electrons. The SMILES string of the molecule is NC(c1cc(F)cc(F)c1)C1CN2CCCC2CO1. The van der Waals surface area contributed by atoms with Gasteiger partial charge in [0.15, 0.2) is 0 Å². The number of nitrogens with two attached hydrogens (primary N) is 1. The molecule has 0 spiro atoms. The van der Waals surface area contributed by atoms with E-state index in [1.807, 2.05) is 0 Å². The van der Waals surface area contributed by atoms with E-state index in [2.05, 4.69) is 4.90 Å². The van der Waals surface area contributed by atoms with Crippen LogP contribution in [0.2, 0.25) is 0 Å². The molecule has 3 unspecified atom stereocenters. The maximum absolute atomic E-state index is 13.2. The van der Waals surface area contributed by atoms with Gasteiger partial charge in [-0.1, -0.05) is 0 Å².